The summed E-state index contributed by atoms with van der Waals surface area (Å²) in [5.74, 6) is -0.136. The largest absolute Gasteiger partial charge is 0.365 e. The number of aryl methyl sites for hydroxylation is 1. The van der Waals surface area contributed by atoms with Crippen molar-refractivity contribution in [2.24, 2.45) is 0 Å². The zero-order valence-corrected chi connectivity index (χ0v) is 11.2. The molecule has 1 saturated heterocycles. The molecule has 0 spiro atoms. The van der Waals surface area contributed by atoms with Crippen LogP contribution in [0.5, 0.6) is 0 Å². The van der Waals surface area contributed by atoms with E-state index >= 15 is 0 Å². The van der Waals surface area contributed by atoms with Crippen LogP contribution >= 0.6 is 0 Å². The molecule has 5 nitrogen and oxygen atoms in total. The Hall–Kier alpha value is -1.88. The summed E-state index contributed by atoms with van der Waals surface area (Å²) >= 11 is 0. The molecule has 1 heterocycles. The molecule has 0 aliphatic carbocycles. The summed E-state index contributed by atoms with van der Waals surface area (Å²) in [5.41, 5.74) is 1.61. The fourth-order valence-corrected chi connectivity index (χ4v) is 2.01. The molecule has 2 amide bonds. The second kappa shape index (κ2) is 5.84. The lowest BCUT2D eigenvalue weighted by Crippen LogP contribution is -2.48. The minimum atomic E-state index is -0.143. The number of ether oxygens (including phenoxy) is 1. The summed E-state index contributed by atoms with van der Waals surface area (Å²) < 4.78 is 5.37. The lowest BCUT2D eigenvalue weighted by molar-refractivity contribution is -0.146. The van der Waals surface area contributed by atoms with Crippen LogP contribution in [0.2, 0.25) is 0 Å². The normalized spacial score (nSPS) is 19.4. The molecular weight excluding hydrogens is 244 g/mol. The van der Waals surface area contributed by atoms with E-state index in [1.54, 1.807) is 18.0 Å². The summed E-state index contributed by atoms with van der Waals surface area (Å²) in [6.45, 7) is 2.90. The van der Waals surface area contributed by atoms with Crippen LogP contribution in [0.3, 0.4) is 0 Å². The second-order valence-electron chi connectivity index (χ2n) is 4.73. The van der Waals surface area contributed by atoms with E-state index in [2.05, 4.69) is 5.32 Å². The molecule has 0 radical (unpaired) electrons. The highest BCUT2D eigenvalue weighted by Crippen LogP contribution is 2.07. The zero-order valence-electron chi connectivity index (χ0n) is 11.2. The number of rotatable bonds is 3. The highest BCUT2D eigenvalue weighted by atomic mass is 16.5. The van der Waals surface area contributed by atoms with Gasteiger partial charge in [-0.05, 0) is 18.6 Å². The maximum Gasteiger partial charge on any atom is 0.251 e. The standard InChI is InChI=1S/C14H18N2O3/c1-10-5-3-4-6-12(10)14(18)15-7-11-8-16(2)13(17)9-19-11/h3-6,11H,7-9H2,1-2H3,(H,15,18). The lowest BCUT2D eigenvalue weighted by atomic mass is 10.1. The number of amides is 2. The zero-order chi connectivity index (χ0) is 13.8. The number of nitrogens with zero attached hydrogens (tertiary/aromatic N) is 1. The van der Waals surface area contributed by atoms with Crippen LogP contribution in [0.15, 0.2) is 24.3 Å². The minimum Gasteiger partial charge on any atom is -0.365 e. The number of hydrogen-bond donors (Lipinski definition) is 1. The maximum absolute atomic E-state index is 12.0. The van der Waals surface area contributed by atoms with E-state index in [0.29, 0.717) is 18.7 Å². The van der Waals surface area contributed by atoms with Crippen molar-refractivity contribution in [2.45, 2.75) is 13.0 Å². The van der Waals surface area contributed by atoms with E-state index in [-0.39, 0.29) is 24.5 Å². The maximum atomic E-state index is 12.0. The van der Waals surface area contributed by atoms with Gasteiger partial charge in [-0.15, -0.1) is 0 Å². The quantitative estimate of drug-likeness (QED) is 0.867. The van der Waals surface area contributed by atoms with E-state index in [9.17, 15) is 9.59 Å². The first-order chi connectivity index (χ1) is 9.08. The number of carbonyl (C=O) groups excluding carboxylic acids is 2. The number of likely N-dealkylation sites (N-methyl/N-ethyl adjacent to an activating group) is 1. The van der Waals surface area contributed by atoms with E-state index in [1.165, 1.54) is 0 Å². The number of morpholine rings is 1. The van der Waals surface area contributed by atoms with Crippen molar-refractivity contribution in [1.29, 1.82) is 0 Å². The van der Waals surface area contributed by atoms with Gasteiger partial charge in [-0.3, -0.25) is 9.59 Å². The summed E-state index contributed by atoms with van der Waals surface area (Å²) in [6, 6.07) is 7.43. The van der Waals surface area contributed by atoms with Gasteiger partial charge in [0.25, 0.3) is 5.91 Å². The molecule has 1 aromatic rings. The molecule has 0 aromatic heterocycles. The van der Waals surface area contributed by atoms with Crippen LogP contribution in [0.1, 0.15) is 15.9 Å². The van der Waals surface area contributed by atoms with E-state index in [0.717, 1.165) is 5.56 Å². The predicted octanol–water partition coefficient (Wildman–Crippen LogP) is 0.582. The van der Waals surface area contributed by atoms with Crippen molar-refractivity contribution in [3.05, 3.63) is 35.4 Å². The van der Waals surface area contributed by atoms with Crippen LogP contribution in [0, 0.1) is 6.92 Å². The van der Waals surface area contributed by atoms with Gasteiger partial charge in [0.05, 0.1) is 6.10 Å². The first-order valence-corrected chi connectivity index (χ1v) is 6.27. The lowest BCUT2D eigenvalue weighted by Gasteiger charge is -2.29. The van der Waals surface area contributed by atoms with E-state index < -0.39 is 0 Å². The highest BCUT2D eigenvalue weighted by molar-refractivity contribution is 5.95. The molecule has 19 heavy (non-hydrogen) atoms. The predicted molar refractivity (Wildman–Crippen MR) is 70.9 cm³/mol. The van der Waals surface area contributed by atoms with Crippen molar-refractivity contribution >= 4 is 11.8 Å². The van der Waals surface area contributed by atoms with Crippen LogP contribution in [-0.2, 0) is 9.53 Å². The average Bonchev–Trinajstić information content (AvgIpc) is 2.40. The van der Waals surface area contributed by atoms with Crippen LogP contribution < -0.4 is 5.32 Å². The first kappa shape index (κ1) is 13.5. The van der Waals surface area contributed by atoms with Gasteiger partial charge in [-0.25, -0.2) is 0 Å². The smallest absolute Gasteiger partial charge is 0.251 e. The third-order valence-corrected chi connectivity index (χ3v) is 3.23. The number of carbonyl (C=O) groups is 2. The van der Waals surface area contributed by atoms with Crippen LogP contribution in [0.25, 0.3) is 0 Å². The van der Waals surface area contributed by atoms with Gasteiger partial charge in [0, 0.05) is 25.7 Å². The molecule has 1 atom stereocenters. The summed E-state index contributed by atoms with van der Waals surface area (Å²) in [6.07, 6.45) is -0.143. The molecule has 1 unspecified atom stereocenters. The Morgan fingerprint density at radius 2 is 2.21 bits per heavy atom. The Kier molecular flexibility index (Phi) is 4.16. The van der Waals surface area contributed by atoms with Crippen molar-refractivity contribution < 1.29 is 14.3 Å². The molecule has 1 N–H and O–H groups in total. The molecule has 1 aliphatic rings. The number of hydrogen-bond acceptors (Lipinski definition) is 3. The Balaban J connectivity index is 1.88. The Morgan fingerprint density at radius 1 is 1.47 bits per heavy atom. The Bertz CT molecular complexity index is 487. The molecule has 1 fully saturated rings. The SMILES string of the molecule is Cc1ccccc1C(=O)NCC1CN(C)C(=O)CO1. The van der Waals surface area contributed by atoms with Crippen LogP contribution in [0.4, 0.5) is 0 Å². The van der Waals surface area contributed by atoms with E-state index in [1.807, 2.05) is 25.1 Å². The minimum absolute atomic E-state index is 0.0264. The third-order valence-electron chi connectivity index (χ3n) is 3.23. The van der Waals surface area contributed by atoms with Gasteiger partial charge in [-0.1, -0.05) is 18.2 Å². The number of nitrogens with one attached hydrogen (secondary N) is 1. The third kappa shape index (κ3) is 3.32. The molecule has 5 heteroatoms. The van der Waals surface area contributed by atoms with Gasteiger partial charge < -0.3 is 15.0 Å². The first-order valence-electron chi connectivity index (χ1n) is 6.27. The monoisotopic (exact) mass is 262 g/mol. The molecule has 1 aromatic carbocycles. The van der Waals surface area contributed by atoms with Crippen molar-refractivity contribution in [3.63, 3.8) is 0 Å². The number of benzene rings is 1. The molecule has 0 bridgehead atoms. The molecule has 1 aliphatic heterocycles. The second-order valence-corrected chi connectivity index (χ2v) is 4.73. The van der Waals surface area contributed by atoms with E-state index in [4.69, 9.17) is 4.74 Å². The average molecular weight is 262 g/mol. The van der Waals surface area contributed by atoms with Crippen molar-refractivity contribution in [3.8, 4) is 0 Å². The van der Waals surface area contributed by atoms with Gasteiger partial charge in [0.15, 0.2) is 0 Å². The van der Waals surface area contributed by atoms with Crippen LogP contribution in [-0.4, -0.2) is 49.6 Å². The molecule has 0 saturated carbocycles. The fourth-order valence-electron chi connectivity index (χ4n) is 2.01. The van der Waals surface area contributed by atoms with Gasteiger partial charge >= 0.3 is 0 Å². The highest BCUT2D eigenvalue weighted by Gasteiger charge is 2.23. The van der Waals surface area contributed by atoms with Crippen molar-refractivity contribution in [2.75, 3.05) is 26.7 Å². The fraction of sp³-hybridized carbons (Fsp3) is 0.429. The summed E-state index contributed by atoms with van der Waals surface area (Å²) in [5, 5.41) is 2.84. The molecule has 2 rings (SSSR count). The summed E-state index contributed by atoms with van der Waals surface area (Å²) in [4.78, 5) is 24.9. The Morgan fingerprint density at radius 3 is 2.89 bits per heavy atom. The summed E-state index contributed by atoms with van der Waals surface area (Å²) in [7, 11) is 1.74. The van der Waals surface area contributed by atoms with Gasteiger partial charge in [-0.2, -0.15) is 0 Å². The molecular formula is C14H18N2O3. The topological polar surface area (TPSA) is 58.6 Å². The van der Waals surface area contributed by atoms with Gasteiger partial charge in [0.1, 0.15) is 6.61 Å². The van der Waals surface area contributed by atoms with Crippen molar-refractivity contribution in [1.82, 2.24) is 10.2 Å². The van der Waals surface area contributed by atoms with Gasteiger partial charge in [0.2, 0.25) is 5.91 Å². The molecule has 102 valence electrons. The Labute approximate surface area is 112 Å².